The first-order valence-corrected chi connectivity index (χ1v) is 6.73. The standard InChI is InChI=1S/C11H14ClN5OS/c1-11(2,9-15-16-10(13)19-9)14-8(18)7-4-6(12)5-17(7)3/h4-5H,1-3H3,(H2,13,16)(H,14,18). The van der Waals surface area contributed by atoms with Gasteiger partial charge in [-0.05, 0) is 19.9 Å². The van der Waals surface area contributed by atoms with Crippen LogP contribution in [0.25, 0.3) is 0 Å². The van der Waals surface area contributed by atoms with E-state index in [9.17, 15) is 4.79 Å². The summed E-state index contributed by atoms with van der Waals surface area (Å²) in [5.74, 6) is -0.229. The Labute approximate surface area is 119 Å². The molecule has 2 aromatic rings. The molecule has 3 N–H and O–H groups in total. The smallest absolute Gasteiger partial charge is 0.268 e. The van der Waals surface area contributed by atoms with Crippen molar-refractivity contribution < 1.29 is 4.79 Å². The third-order valence-corrected chi connectivity index (χ3v) is 3.89. The number of carbonyl (C=O) groups is 1. The lowest BCUT2D eigenvalue weighted by atomic mass is 10.1. The highest BCUT2D eigenvalue weighted by Gasteiger charge is 2.28. The number of hydrogen-bond donors (Lipinski definition) is 2. The molecule has 102 valence electrons. The van der Waals surface area contributed by atoms with Gasteiger partial charge in [-0.3, -0.25) is 4.79 Å². The summed E-state index contributed by atoms with van der Waals surface area (Å²) in [6.07, 6.45) is 1.67. The van der Waals surface area contributed by atoms with E-state index in [0.717, 1.165) is 0 Å². The van der Waals surface area contributed by atoms with Gasteiger partial charge in [0.15, 0.2) is 0 Å². The molecule has 0 saturated heterocycles. The van der Waals surface area contributed by atoms with Crippen molar-refractivity contribution in [2.24, 2.45) is 7.05 Å². The fourth-order valence-corrected chi connectivity index (χ4v) is 2.56. The molecule has 8 heteroatoms. The van der Waals surface area contributed by atoms with E-state index in [1.807, 2.05) is 13.8 Å². The van der Waals surface area contributed by atoms with Crippen LogP contribution in [0.4, 0.5) is 5.13 Å². The molecule has 0 atom stereocenters. The summed E-state index contributed by atoms with van der Waals surface area (Å²) in [7, 11) is 1.76. The molecule has 0 aliphatic heterocycles. The number of nitrogen functional groups attached to an aromatic ring is 1. The summed E-state index contributed by atoms with van der Waals surface area (Å²) in [5.41, 5.74) is 5.39. The number of halogens is 1. The second kappa shape index (κ2) is 4.82. The Bertz CT molecular complexity index is 618. The Balaban J connectivity index is 2.20. The van der Waals surface area contributed by atoms with Gasteiger partial charge in [0.25, 0.3) is 5.91 Å². The number of anilines is 1. The molecule has 0 spiro atoms. The Morgan fingerprint density at radius 2 is 2.21 bits per heavy atom. The molecule has 0 bridgehead atoms. The zero-order valence-electron chi connectivity index (χ0n) is 10.8. The van der Waals surface area contributed by atoms with E-state index < -0.39 is 5.54 Å². The van der Waals surface area contributed by atoms with Crippen molar-refractivity contribution in [3.63, 3.8) is 0 Å². The van der Waals surface area contributed by atoms with Gasteiger partial charge in [-0.25, -0.2) is 0 Å². The van der Waals surface area contributed by atoms with Crippen molar-refractivity contribution in [1.82, 2.24) is 20.1 Å². The Morgan fingerprint density at radius 3 is 2.68 bits per heavy atom. The molecular formula is C11H14ClN5OS. The Hall–Kier alpha value is -1.60. The van der Waals surface area contributed by atoms with E-state index >= 15 is 0 Å². The first-order valence-electron chi connectivity index (χ1n) is 5.53. The van der Waals surface area contributed by atoms with Crippen LogP contribution in [0.2, 0.25) is 5.02 Å². The summed E-state index contributed by atoms with van der Waals surface area (Å²) in [4.78, 5) is 12.2. The monoisotopic (exact) mass is 299 g/mol. The van der Waals surface area contributed by atoms with Crippen LogP contribution in [0.15, 0.2) is 12.3 Å². The van der Waals surface area contributed by atoms with Crippen molar-refractivity contribution in [2.75, 3.05) is 5.73 Å². The molecule has 0 aromatic carbocycles. The average molecular weight is 300 g/mol. The summed E-state index contributed by atoms with van der Waals surface area (Å²) in [6.45, 7) is 3.69. The topological polar surface area (TPSA) is 85.8 Å². The van der Waals surface area contributed by atoms with E-state index in [2.05, 4.69) is 15.5 Å². The second-order valence-electron chi connectivity index (χ2n) is 4.68. The van der Waals surface area contributed by atoms with Crippen LogP contribution in [0.5, 0.6) is 0 Å². The van der Waals surface area contributed by atoms with Crippen LogP contribution < -0.4 is 11.1 Å². The maximum atomic E-state index is 12.2. The molecule has 0 saturated carbocycles. The number of aromatic nitrogens is 3. The van der Waals surface area contributed by atoms with Gasteiger partial charge in [0.1, 0.15) is 10.7 Å². The highest BCUT2D eigenvalue weighted by atomic mass is 35.5. The first-order chi connectivity index (χ1) is 8.79. The number of nitrogens with two attached hydrogens (primary N) is 1. The zero-order valence-corrected chi connectivity index (χ0v) is 12.3. The van der Waals surface area contributed by atoms with Crippen LogP contribution in [0, 0.1) is 0 Å². The zero-order chi connectivity index (χ0) is 14.2. The normalized spacial score (nSPS) is 11.6. The van der Waals surface area contributed by atoms with Gasteiger partial charge in [-0.1, -0.05) is 22.9 Å². The molecule has 0 fully saturated rings. The maximum Gasteiger partial charge on any atom is 0.268 e. The Morgan fingerprint density at radius 1 is 1.53 bits per heavy atom. The minimum Gasteiger partial charge on any atom is -0.374 e. The summed E-state index contributed by atoms with van der Waals surface area (Å²) < 4.78 is 1.67. The van der Waals surface area contributed by atoms with E-state index in [-0.39, 0.29) is 5.91 Å². The van der Waals surface area contributed by atoms with Gasteiger partial charge in [0.2, 0.25) is 5.13 Å². The number of carbonyl (C=O) groups excluding carboxylic acids is 1. The number of aryl methyl sites for hydroxylation is 1. The van der Waals surface area contributed by atoms with Crippen LogP contribution in [0.1, 0.15) is 29.3 Å². The minimum absolute atomic E-state index is 0.229. The number of nitrogens with zero attached hydrogens (tertiary/aromatic N) is 3. The molecule has 0 unspecified atom stereocenters. The number of rotatable bonds is 3. The Kier molecular flexibility index (Phi) is 3.51. The first kappa shape index (κ1) is 13.8. The average Bonchev–Trinajstić information content (AvgIpc) is 2.84. The van der Waals surface area contributed by atoms with Crippen LogP contribution in [-0.2, 0) is 12.6 Å². The molecule has 0 aliphatic carbocycles. The fraction of sp³-hybridized carbons (Fsp3) is 0.364. The number of hydrogen-bond acceptors (Lipinski definition) is 5. The summed E-state index contributed by atoms with van der Waals surface area (Å²) in [6, 6.07) is 1.61. The lowest BCUT2D eigenvalue weighted by Gasteiger charge is -2.23. The third kappa shape index (κ3) is 2.87. The van der Waals surface area contributed by atoms with Crippen LogP contribution in [-0.4, -0.2) is 20.7 Å². The van der Waals surface area contributed by atoms with Gasteiger partial charge >= 0.3 is 0 Å². The number of nitrogens with one attached hydrogen (secondary N) is 1. The molecule has 2 rings (SSSR count). The largest absolute Gasteiger partial charge is 0.374 e. The summed E-state index contributed by atoms with van der Waals surface area (Å²) in [5, 5.41) is 12.1. The third-order valence-electron chi connectivity index (χ3n) is 2.61. The van der Waals surface area contributed by atoms with Crippen molar-refractivity contribution in [3.8, 4) is 0 Å². The van der Waals surface area contributed by atoms with Crippen LogP contribution in [0.3, 0.4) is 0 Å². The molecule has 19 heavy (non-hydrogen) atoms. The van der Waals surface area contributed by atoms with Gasteiger partial charge in [0.05, 0.1) is 10.6 Å². The lowest BCUT2D eigenvalue weighted by molar-refractivity contribution is 0.0903. The lowest BCUT2D eigenvalue weighted by Crippen LogP contribution is -2.41. The second-order valence-corrected chi connectivity index (χ2v) is 6.12. The van der Waals surface area contributed by atoms with E-state index in [1.54, 1.807) is 23.9 Å². The van der Waals surface area contributed by atoms with E-state index in [0.29, 0.717) is 20.9 Å². The van der Waals surface area contributed by atoms with Crippen molar-refractivity contribution in [2.45, 2.75) is 19.4 Å². The molecule has 0 aliphatic rings. The SMILES string of the molecule is Cn1cc(Cl)cc1C(=O)NC(C)(C)c1nnc(N)s1. The number of amides is 1. The summed E-state index contributed by atoms with van der Waals surface area (Å²) >= 11 is 7.11. The van der Waals surface area contributed by atoms with Gasteiger partial charge < -0.3 is 15.6 Å². The highest BCUT2D eigenvalue weighted by Crippen LogP contribution is 2.25. The molecule has 2 heterocycles. The predicted octanol–water partition coefficient (Wildman–Crippen LogP) is 1.78. The van der Waals surface area contributed by atoms with Crippen molar-refractivity contribution >= 4 is 34.0 Å². The van der Waals surface area contributed by atoms with Crippen molar-refractivity contribution in [3.05, 3.63) is 28.0 Å². The minimum atomic E-state index is -0.650. The van der Waals surface area contributed by atoms with Crippen molar-refractivity contribution in [1.29, 1.82) is 0 Å². The van der Waals surface area contributed by atoms with E-state index in [1.165, 1.54) is 11.3 Å². The maximum absolute atomic E-state index is 12.2. The molecule has 1 amide bonds. The van der Waals surface area contributed by atoms with Gasteiger partial charge in [0, 0.05) is 13.2 Å². The highest BCUT2D eigenvalue weighted by molar-refractivity contribution is 7.15. The molecule has 2 aromatic heterocycles. The predicted molar refractivity (Wildman–Crippen MR) is 75.2 cm³/mol. The van der Waals surface area contributed by atoms with Gasteiger partial charge in [-0.2, -0.15) is 0 Å². The van der Waals surface area contributed by atoms with E-state index in [4.69, 9.17) is 17.3 Å². The fourth-order valence-electron chi connectivity index (χ4n) is 1.64. The van der Waals surface area contributed by atoms with Gasteiger partial charge in [-0.15, -0.1) is 10.2 Å². The quantitative estimate of drug-likeness (QED) is 0.904. The molecule has 0 radical (unpaired) electrons. The molecular weight excluding hydrogens is 286 g/mol. The van der Waals surface area contributed by atoms with Crippen LogP contribution >= 0.6 is 22.9 Å². The molecule has 6 nitrogen and oxygen atoms in total.